The van der Waals surface area contributed by atoms with Crippen LogP contribution in [-0.4, -0.2) is 19.6 Å². The van der Waals surface area contributed by atoms with Crippen LogP contribution in [0.25, 0.3) is 4.85 Å². The molecule has 0 aromatic heterocycles. The molecule has 4 heteroatoms. The van der Waals surface area contributed by atoms with Gasteiger partial charge < -0.3 is 9.58 Å². The van der Waals surface area contributed by atoms with Gasteiger partial charge in [-0.2, -0.15) is 0 Å². The molecule has 3 nitrogen and oxygen atoms in total. The Morgan fingerprint density at radius 1 is 1.59 bits per heavy atom. The number of carbonyl (C=O) groups is 1. The molecule has 0 radical (unpaired) electrons. The zero-order valence-corrected chi connectivity index (χ0v) is 12.0. The van der Waals surface area contributed by atoms with Crippen LogP contribution in [0.2, 0.25) is 0 Å². The molecule has 1 atom stereocenters. The lowest BCUT2D eigenvalue weighted by molar-refractivity contribution is -0.147. The van der Waals surface area contributed by atoms with Gasteiger partial charge >= 0.3 is 5.97 Å². The molecule has 0 aliphatic rings. The summed E-state index contributed by atoms with van der Waals surface area (Å²) in [7, 11) is 1.38. The Morgan fingerprint density at radius 2 is 2.29 bits per heavy atom. The van der Waals surface area contributed by atoms with E-state index >= 15 is 0 Å². The molecule has 90 valence electrons. The highest BCUT2D eigenvalue weighted by Gasteiger charge is 2.37. The topological polar surface area (TPSA) is 30.7 Å². The van der Waals surface area contributed by atoms with E-state index in [1.165, 1.54) is 7.11 Å². The molecule has 0 N–H and O–H groups in total. The highest BCUT2D eigenvalue weighted by atomic mass is 127. The summed E-state index contributed by atoms with van der Waals surface area (Å²) >= 11 is 2.21. The first kappa shape index (κ1) is 14.0. The van der Waals surface area contributed by atoms with Crippen LogP contribution in [0.3, 0.4) is 0 Å². The number of nitrogens with zero attached hydrogens (tertiary/aromatic N) is 1. The lowest BCUT2D eigenvalue weighted by Gasteiger charge is -2.25. The third kappa shape index (κ3) is 3.19. The van der Waals surface area contributed by atoms with Crippen LogP contribution >= 0.6 is 22.6 Å². The highest BCUT2D eigenvalue weighted by Crippen LogP contribution is 2.30. The van der Waals surface area contributed by atoms with Crippen molar-refractivity contribution < 1.29 is 9.53 Å². The minimum Gasteiger partial charge on any atom is -0.468 e. The largest absolute Gasteiger partial charge is 0.468 e. The maximum Gasteiger partial charge on any atom is 0.316 e. The van der Waals surface area contributed by atoms with E-state index < -0.39 is 5.41 Å². The van der Waals surface area contributed by atoms with E-state index in [0.717, 1.165) is 9.13 Å². The third-order valence-electron chi connectivity index (χ3n) is 2.82. The van der Waals surface area contributed by atoms with Crippen molar-refractivity contribution in [3.63, 3.8) is 0 Å². The molecule has 0 spiro atoms. The minimum atomic E-state index is -0.736. The molecular weight excluding hydrogens is 329 g/mol. The predicted molar refractivity (Wildman–Crippen MR) is 74.6 cm³/mol. The summed E-state index contributed by atoms with van der Waals surface area (Å²) in [5.74, 6) is -0.289. The Labute approximate surface area is 115 Å². The van der Waals surface area contributed by atoms with Crippen molar-refractivity contribution in [1.29, 1.82) is 0 Å². The van der Waals surface area contributed by atoms with Gasteiger partial charge in [0, 0.05) is 9.99 Å². The summed E-state index contributed by atoms with van der Waals surface area (Å²) in [5.41, 5.74) is 0.167. The summed E-state index contributed by atoms with van der Waals surface area (Å²) < 4.78 is 5.93. The number of hydrogen-bond acceptors (Lipinski definition) is 2. The number of hydrogen-bond donors (Lipinski definition) is 0. The molecule has 17 heavy (non-hydrogen) atoms. The quantitative estimate of drug-likeness (QED) is 0.478. The van der Waals surface area contributed by atoms with Crippen LogP contribution in [-0.2, 0) is 14.9 Å². The number of halogens is 1. The van der Waals surface area contributed by atoms with Crippen molar-refractivity contribution in [3.05, 3.63) is 44.8 Å². The molecule has 1 rings (SSSR count). The van der Waals surface area contributed by atoms with E-state index in [1.54, 1.807) is 0 Å². The Morgan fingerprint density at radius 3 is 2.82 bits per heavy atom. The molecule has 0 fully saturated rings. The Kier molecular flexibility index (Phi) is 4.94. The Bertz CT molecular complexity index is 453. The van der Waals surface area contributed by atoms with Crippen molar-refractivity contribution in [2.75, 3.05) is 13.7 Å². The van der Waals surface area contributed by atoms with Crippen LogP contribution in [0.1, 0.15) is 18.9 Å². The summed E-state index contributed by atoms with van der Waals surface area (Å²) in [6.45, 7) is 9.00. The van der Waals surface area contributed by atoms with Crippen LogP contribution in [0.15, 0.2) is 24.3 Å². The van der Waals surface area contributed by atoms with Gasteiger partial charge in [-0.1, -0.05) is 12.1 Å². The smallest absolute Gasteiger partial charge is 0.316 e. The van der Waals surface area contributed by atoms with E-state index in [9.17, 15) is 4.79 Å². The normalized spacial score (nSPS) is 13.5. The second kappa shape index (κ2) is 6.01. The highest BCUT2D eigenvalue weighted by molar-refractivity contribution is 14.1. The van der Waals surface area contributed by atoms with Crippen LogP contribution in [0, 0.1) is 10.1 Å². The van der Waals surface area contributed by atoms with Crippen LogP contribution in [0.5, 0.6) is 0 Å². The molecular formula is C13H14INO2. The number of benzene rings is 1. The number of esters is 1. The van der Waals surface area contributed by atoms with Crippen molar-refractivity contribution in [2.45, 2.75) is 18.8 Å². The minimum absolute atomic E-state index is 0.289. The summed E-state index contributed by atoms with van der Waals surface area (Å²) in [6, 6.07) is 7.75. The van der Waals surface area contributed by atoms with Crippen molar-refractivity contribution >= 4 is 28.6 Å². The van der Waals surface area contributed by atoms with Crippen molar-refractivity contribution in [3.8, 4) is 0 Å². The average molecular weight is 343 g/mol. The molecule has 0 bridgehead atoms. The predicted octanol–water partition coefficient (Wildman–Crippen LogP) is 3.03. The van der Waals surface area contributed by atoms with E-state index in [4.69, 9.17) is 11.3 Å². The summed E-state index contributed by atoms with van der Waals surface area (Å²) in [4.78, 5) is 15.2. The van der Waals surface area contributed by atoms with E-state index in [0.29, 0.717) is 13.0 Å². The van der Waals surface area contributed by atoms with Gasteiger partial charge in [-0.3, -0.25) is 4.79 Å². The van der Waals surface area contributed by atoms with Gasteiger partial charge in [0.05, 0.1) is 12.5 Å². The molecule has 1 unspecified atom stereocenters. The zero-order chi connectivity index (χ0) is 12.9. The molecule has 0 heterocycles. The van der Waals surface area contributed by atoms with Crippen LogP contribution in [0.4, 0.5) is 0 Å². The standard InChI is InChI=1S/C13H14INO2/c1-13(7-8-15-2,12(16)17-3)10-5-4-6-11(14)9-10/h4-6,9H,7-8H2,1,3H3. The Balaban J connectivity index is 3.14. The maximum atomic E-state index is 11.9. The molecule has 1 aromatic carbocycles. The van der Waals surface area contributed by atoms with E-state index in [1.807, 2.05) is 31.2 Å². The van der Waals surface area contributed by atoms with Gasteiger partial charge in [0.15, 0.2) is 0 Å². The Hall–Kier alpha value is -1.09. The number of methoxy groups -OCH3 is 1. The molecule has 0 aliphatic carbocycles. The van der Waals surface area contributed by atoms with Crippen molar-refractivity contribution in [2.24, 2.45) is 0 Å². The maximum absolute atomic E-state index is 11.9. The van der Waals surface area contributed by atoms with Gasteiger partial charge in [-0.15, -0.1) is 0 Å². The lowest BCUT2D eigenvalue weighted by atomic mass is 9.79. The zero-order valence-electron chi connectivity index (χ0n) is 9.87. The van der Waals surface area contributed by atoms with Gasteiger partial charge in [-0.05, 0) is 47.2 Å². The fourth-order valence-electron chi connectivity index (χ4n) is 1.70. The fourth-order valence-corrected chi connectivity index (χ4v) is 2.24. The molecule has 0 saturated carbocycles. The average Bonchev–Trinajstić information content (AvgIpc) is 2.34. The molecule has 1 aromatic rings. The SMILES string of the molecule is [C-]#[N+]CCC(C)(C(=O)OC)c1cccc(I)c1. The molecule has 0 amide bonds. The first-order valence-electron chi connectivity index (χ1n) is 5.22. The van der Waals surface area contributed by atoms with E-state index in [-0.39, 0.29) is 5.97 Å². The first-order chi connectivity index (χ1) is 8.04. The number of carbonyl (C=O) groups excluding carboxylic acids is 1. The fraction of sp³-hybridized carbons (Fsp3) is 0.385. The van der Waals surface area contributed by atoms with Crippen LogP contribution < -0.4 is 0 Å². The van der Waals surface area contributed by atoms with Crippen molar-refractivity contribution in [1.82, 2.24) is 0 Å². The van der Waals surface area contributed by atoms with Gasteiger partial charge in [0.25, 0.3) is 0 Å². The molecule has 0 aliphatic heterocycles. The molecule has 0 saturated heterocycles. The summed E-state index contributed by atoms with van der Waals surface area (Å²) in [6.07, 6.45) is 0.475. The van der Waals surface area contributed by atoms with Gasteiger partial charge in [-0.25, -0.2) is 6.57 Å². The monoisotopic (exact) mass is 343 g/mol. The lowest BCUT2D eigenvalue weighted by Crippen LogP contribution is -2.34. The van der Waals surface area contributed by atoms with Gasteiger partial charge in [0.1, 0.15) is 0 Å². The first-order valence-corrected chi connectivity index (χ1v) is 6.30. The number of rotatable bonds is 4. The summed E-state index contributed by atoms with van der Waals surface area (Å²) in [5, 5.41) is 0. The third-order valence-corrected chi connectivity index (χ3v) is 3.49. The second-order valence-electron chi connectivity index (χ2n) is 3.97. The van der Waals surface area contributed by atoms with Gasteiger partial charge in [0.2, 0.25) is 6.54 Å². The second-order valence-corrected chi connectivity index (χ2v) is 5.21. The number of ether oxygens (including phenoxy) is 1. The van der Waals surface area contributed by atoms with E-state index in [2.05, 4.69) is 27.4 Å².